The van der Waals surface area contributed by atoms with Gasteiger partial charge in [0, 0.05) is 4.31 Å². The van der Waals surface area contributed by atoms with E-state index in [0.717, 1.165) is 50.4 Å². The third kappa shape index (κ3) is 23.6. The van der Waals surface area contributed by atoms with Crippen LogP contribution in [0.3, 0.4) is 0 Å². The van der Waals surface area contributed by atoms with E-state index >= 15 is 0 Å². The summed E-state index contributed by atoms with van der Waals surface area (Å²) in [6, 6.07) is 0. The van der Waals surface area contributed by atoms with E-state index in [0.29, 0.717) is 12.8 Å². The summed E-state index contributed by atoms with van der Waals surface area (Å²) in [4.78, 5) is 40.0. The molecule has 9 nitrogen and oxygen atoms in total. The van der Waals surface area contributed by atoms with E-state index in [1.54, 1.807) is 0 Å². The van der Waals surface area contributed by atoms with E-state index in [1.807, 2.05) is 0 Å². The molecule has 36 heavy (non-hydrogen) atoms. The number of aliphatic hydroxyl groups is 4. The van der Waals surface area contributed by atoms with Crippen molar-refractivity contribution in [2.75, 3.05) is 38.8 Å². The monoisotopic (exact) mass is 564 g/mol. The second-order valence-corrected chi connectivity index (χ2v) is 15.1. The number of aliphatic hydroxyl groups excluding tert-OH is 4. The van der Waals surface area contributed by atoms with Crippen LogP contribution in [0.5, 0.6) is 0 Å². The standard InChI is InChI=1S/C20H46O5P2.C5H12O4/c1-19(2)15-11-7-5-9-13-17-26(21,22)25-27(23,24)18-14-10-6-8-12-16-20(3)4;6-1-5(2-7,3-8)4-9/h19-24H,5-18H2,1-4H3;6-9H,1-4H2/q+2;. The molecule has 0 aromatic carbocycles. The second kappa shape index (κ2) is 22.3. The van der Waals surface area contributed by atoms with Crippen molar-refractivity contribution < 1.29 is 44.3 Å². The Kier molecular flexibility index (Phi) is 24.0. The van der Waals surface area contributed by atoms with Gasteiger partial charge in [-0.2, -0.15) is 19.6 Å². The van der Waals surface area contributed by atoms with E-state index < -0.39 is 47.7 Å². The summed E-state index contributed by atoms with van der Waals surface area (Å²) in [7, 11) is -7.33. The zero-order chi connectivity index (χ0) is 28.1. The quantitative estimate of drug-likeness (QED) is 0.0699. The molecule has 0 atom stereocenters. The van der Waals surface area contributed by atoms with Crippen LogP contribution in [0.4, 0.5) is 0 Å². The molecule has 220 valence electrons. The first-order chi connectivity index (χ1) is 16.8. The van der Waals surface area contributed by atoms with Crippen molar-refractivity contribution in [1.29, 1.82) is 0 Å². The molecular formula is C25H58O9P2+2. The number of unbranched alkanes of at least 4 members (excludes halogenated alkanes) is 8. The molecule has 0 heterocycles. The Morgan fingerprint density at radius 1 is 0.500 bits per heavy atom. The van der Waals surface area contributed by atoms with Gasteiger partial charge in [-0.15, -0.1) is 0 Å². The lowest BCUT2D eigenvalue weighted by Crippen LogP contribution is -2.37. The molecule has 0 aromatic rings. The maximum Gasteiger partial charge on any atom is 0.461 e. The van der Waals surface area contributed by atoms with Crippen LogP contribution in [-0.2, 0) is 4.31 Å². The van der Waals surface area contributed by atoms with Crippen molar-refractivity contribution >= 4 is 15.9 Å². The molecule has 11 heteroatoms. The topological polar surface area (TPSA) is 171 Å². The highest BCUT2D eigenvalue weighted by atomic mass is 31.3. The zero-order valence-electron chi connectivity index (χ0n) is 23.3. The number of hydrogen-bond donors (Lipinski definition) is 8. The average Bonchev–Trinajstić information content (AvgIpc) is 2.79. The van der Waals surface area contributed by atoms with Gasteiger partial charge in [0.1, 0.15) is 12.3 Å². The Morgan fingerprint density at radius 2 is 0.778 bits per heavy atom. The van der Waals surface area contributed by atoms with Gasteiger partial charge < -0.3 is 20.4 Å². The first-order valence-corrected chi connectivity index (χ1v) is 17.2. The maximum atomic E-state index is 10.0. The summed E-state index contributed by atoms with van der Waals surface area (Å²) < 4.78 is 4.99. The highest BCUT2D eigenvalue weighted by Crippen LogP contribution is 2.69. The molecule has 0 unspecified atom stereocenters. The first-order valence-electron chi connectivity index (χ1n) is 13.6. The van der Waals surface area contributed by atoms with E-state index in [-0.39, 0.29) is 12.3 Å². The van der Waals surface area contributed by atoms with Gasteiger partial charge in [-0.1, -0.05) is 79.1 Å². The van der Waals surface area contributed by atoms with Crippen molar-refractivity contribution in [3.05, 3.63) is 0 Å². The Labute approximate surface area is 221 Å². The van der Waals surface area contributed by atoms with Crippen LogP contribution in [-0.4, -0.2) is 78.8 Å². The molecule has 0 spiro atoms. The fourth-order valence-corrected chi connectivity index (χ4v) is 6.99. The molecule has 0 aliphatic heterocycles. The lowest BCUT2D eigenvalue weighted by atomic mass is 9.93. The lowest BCUT2D eigenvalue weighted by molar-refractivity contribution is -0.0328. The minimum absolute atomic E-state index is 0.120. The Balaban J connectivity index is 0. The number of rotatable bonds is 22. The SMILES string of the molecule is CC(C)CCCCCCC[P+](O)(O)O[P+](O)(O)CCCCCCCC(C)C.OCC(CO)(CO)CO. The molecule has 0 aliphatic carbocycles. The fraction of sp³-hybridized carbons (Fsp3) is 1.00. The molecule has 0 aliphatic rings. The van der Waals surface area contributed by atoms with Gasteiger partial charge in [0.2, 0.25) is 0 Å². The average molecular weight is 565 g/mol. The van der Waals surface area contributed by atoms with Gasteiger partial charge in [-0.3, -0.25) is 0 Å². The Morgan fingerprint density at radius 3 is 1.03 bits per heavy atom. The van der Waals surface area contributed by atoms with Gasteiger partial charge in [0.15, 0.2) is 0 Å². The summed E-state index contributed by atoms with van der Waals surface area (Å²) in [6.45, 7) is 7.26. The molecule has 0 saturated carbocycles. The van der Waals surface area contributed by atoms with Crippen LogP contribution in [0, 0.1) is 17.3 Å². The van der Waals surface area contributed by atoms with Crippen LogP contribution in [0.15, 0.2) is 0 Å². The van der Waals surface area contributed by atoms with Crippen molar-refractivity contribution in [3.8, 4) is 0 Å². The van der Waals surface area contributed by atoms with Gasteiger partial charge in [0.25, 0.3) is 0 Å². The minimum atomic E-state index is -3.66. The van der Waals surface area contributed by atoms with Gasteiger partial charge in [-0.25, -0.2) is 0 Å². The minimum Gasteiger partial charge on any atom is -0.396 e. The third-order valence-corrected chi connectivity index (χ3v) is 9.95. The van der Waals surface area contributed by atoms with E-state index in [9.17, 15) is 19.6 Å². The zero-order valence-corrected chi connectivity index (χ0v) is 25.1. The van der Waals surface area contributed by atoms with Gasteiger partial charge in [-0.05, 0) is 37.5 Å². The summed E-state index contributed by atoms with van der Waals surface area (Å²) in [5.41, 5.74) is -1.11. The molecule has 8 N–H and O–H groups in total. The fourth-order valence-electron chi connectivity index (χ4n) is 3.39. The van der Waals surface area contributed by atoms with Crippen LogP contribution in [0.2, 0.25) is 0 Å². The van der Waals surface area contributed by atoms with Gasteiger partial charge >= 0.3 is 15.9 Å². The summed E-state index contributed by atoms with van der Waals surface area (Å²) >= 11 is 0. The molecular weight excluding hydrogens is 506 g/mol. The normalized spacial score (nSPS) is 12.8. The van der Waals surface area contributed by atoms with E-state index in [2.05, 4.69) is 27.7 Å². The number of hydrogen-bond acceptors (Lipinski definition) is 9. The summed E-state index contributed by atoms with van der Waals surface area (Å²) in [5, 5.41) is 34.0. The van der Waals surface area contributed by atoms with Crippen molar-refractivity contribution in [2.45, 2.75) is 105 Å². The molecule has 0 bridgehead atoms. The molecule has 0 saturated heterocycles. The summed E-state index contributed by atoms with van der Waals surface area (Å²) in [5.74, 6) is 1.47. The Hall–Kier alpha value is 0.500. The highest BCUT2D eigenvalue weighted by Gasteiger charge is 2.53. The largest absolute Gasteiger partial charge is 0.461 e. The maximum absolute atomic E-state index is 10.0. The van der Waals surface area contributed by atoms with E-state index in [1.165, 1.54) is 25.7 Å². The van der Waals surface area contributed by atoms with Crippen molar-refractivity contribution in [3.63, 3.8) is 0 Å². The smallest absolute Gasteiger partial charge is 0.396 e. The van der Waals surface area contributed by atoms with Crippen LogP contribution in [0.1, 0.15) is 105 Å². The second-order valence-electron chi connectivity index (χ2n) is 10.9. The molecule has 0 aromatic heterocycles. The third-order valence-electron chi connectivity index (χ3n) is 6.06. The lowest BCUT2D eigenvalue weighted by Gasteiger charge is -2.23. The predicted octanol–water partition coefficient (Wildman–Crippen LogP) is 4.43. The van der Waals surface area contributed by atoms with Crippen LogP contribution in [0.25, 0.3) is 0 Å². The molecule has 0 radical (unpaired) electrons. The van der Waals surface area contributed by atoms with Gasteiger partial charge in [0.05, 0.1) is 31.8 Å². The predicted molar refractivity (Wildman–Crippen MR) is 149 cm³/mol. The van der Waals surface area contributed by atoms with Crippen LogP contribution < -0.4 is 0 Å². The first kappa shape index (κ1) is 38.6. The van der Waals surface area contributed by atoms with Crippen molar-refractivity contribution in [2.24, 2.45) is 17.3 Å². The van der Waals surface area contributed by atoms with Crippen molar-refractivity contribution in [1.82, 2.24) is 0 Å². The van der Waals surface area contributed by atoms with Crippen LogP contribution >= 0.6 is 15.9 Å². The summed E-state index contributed by atoms with van der Waals surface area (Å²) in [6.07, 6.45) is 12.7. The molecule has 0 amide bonds. The molecule has 0 fully saturated rings. The van der Waals surface area contributed by atoms with E-state index in [4.69, 9.17) is 24.7 Å². The highest BCUT2D eigenvalue weighted by molar-refractivity contribution is 7.72. The Bertz CT molecular complexity index is 439. The molecule has 0 rings (SSSR count).